The first-order valence-electron chi connectivity index (χ1n) is 46.2. The van der Waals surface area contributed by atoms with E-state index in [0.717, 1.165) is 89.9 Å². The van der Waals surface area contributed by atoms with Gasteiger partial charge in [0.2, 0.25) is 23.6 Å². The Bertz CT molecular complexity index is 2900. The van der Waals surface area contributed by atoms with Crippen molar-refractivity contribution in [1.29, 1.82) is 0 Å². The first kappa shape index (κ1) is 102. The normalized spacial score (nSPS) is 13.0. The fourth-order valence-corrected chi connectivity index (χ4v) is 25.1. The third kappa shape index (κ3) is 44.6. The van der Waals surface area contributed by atoms with Crippen LogP contribution in [0.4, 0.5) is 0 Å². The smallest absolute Gasteiger partial charge is 0.306 e. The van der Waals surface area contributed by atoms with Crippen LogP contribution in [0.1, 0.15) is 384 Å². The summed E-state index contributed by atoms with van der Waals surface area (Å²) in [6, 6.07) is 41.2. The van der Waals surface area contributed by atoms with E-state index in [4.69, 9.17) is 13.6 Å². The molecule has 0 aromatic heterocycles. The predicted octanol–water partition coefficient (Wildman–Crippen LogP) is 22.4. The van der Waals surface area contributed by atoms with E-state index in [2.05, 4.69) is 194 Å². The third-order valence-corrected chi connectivity index (χ3v) is 32.6. The van der Waals surface area contributed by atoms with Gasteiger partial charge in [0.05, 0.1) is 44.2 Å². The first-order chi connectivity index (χ1) is 54.7. The molecule has 0 radical (unpaired) electrons. The zero-order valence-electron chi connectivity index (χ0n) is 73.8. The molecule has 0 saturated carbocycles. The van der Waals surface area contributed by atoms with Crippen molar-refractivity contribution in [3.63, 3.8) is 0 Å². The third-order valence-electron chi connectivity index (χ3n) is 22.6. The van der Waals surface area contributed by atoms with E-state index in [9.17, 15) is 29.1 Å². The molecule has 4 amide bonds. The highest BCUT2D eigenvalue weighted by Crippen LogP contribution is 2.38. The number of benzene rings is 4. The summed E-state index contributed by atoms with van der Waals surface area (Å²) in [6.45, 7) is 25.6. The number of aliphatic hydroxyl groups excluding tert-OH is 1. The minimum atomic E-state index is -2.89. The van der Waals surface area contributed by atoms with Gasteiger partial charge in [0.25, 0.3) is 16.6 Å². The van der Waals surface area contributed by atoms with E-state index in [1.165, 1.54) is 194 Å². The summed E-state index contributed by atoms with van der Waals surface area (Å²) in [5.74, 6) is -0.568. The van der Waals surface area contributed by atoms with Crippen LogP contribution in [0.5, 0.6) is 0 Å². The molecule has 5 N–H and O–H groups in total. The van der Waals surface area contributed by atoms with E-state index in [1.807, 2.05) is 24.3 Å². The van der Waals surface area contributed by atoms with E-state index in [-0.39, 0.29) is 78.8 Å². The van der Waals surface area contributed by atoms with Crippen LogP contribution < -0.4 is 42.0 Å². The maximum Gasteiger partial charge on any atom is 0.306 e. The van der Waals surface area contributed by atoms with E-state index < -0.39 is 40.9 Å². The average Bonchev–Trinajstić information content (AvgIpc) is 0.755. The van der Waals surface area contributed by atoms with Gasteiger partial charge in [0.15, 0.2) is 0 Å². The van der Waals surface area contributed by atoms with Crippen molar-refractivity contribution in [1.82, 2.24) is 21.3 Å². The van der Waals surface area contributed by atoms with Crippen LogP contribution in [0.3, 0.4) is 0 Å². The summed E-state index contributed by atoms with van der Waals surface area (Å²) in [5, 5.41) is 27.4. The van der Waals surface area contributed by atoms with Crippen molar-refractivity contribution in [2.75, 3.05) is 26.3 Å². The second kappa shape index (κ2) is 63.7. The molecule has 0 aliphatic carbocycles. The Morgan fingerprint density at radius 3 is 0.876 bits per heavy atom. The summed E-state index contributed by atoms with van der Waals surface area (Å²) in [5.41, 5.74) is 0. The molecular formula is C98H166N4O9Si2. The van der Waals surface area contributed by atoms with Gasteiger partial charge < -0.3 is 40.0 Å². The molecule has 0 spiro atoms. The largest absolute Gasteiger partial charge is 0.462 e. The van der Waals surface area contributed by atoms with Crippen molar-refractivity contribution in [3.05, 3.63) is 121 Å². The molecule has 15 heteroatoms. The number of hydrogen-bond acceptors (Lipinski definition) is 9. The molecule has 0 aliphatic heterocycles. The molecule has 13 nitrogen and oxygen atoms in total. The lowest BCUT2D eigenvalue weighted by molar-refractivity contribution is -0.151. The van der Waals surface area contributed by atoms with Gasteiger partial charge in [-0.2, -0.15) is 0 Å². The summed E-state index contributed by atoms with van der Waals surface area (Å²) in [6.07, 6.45) is 50.6. The summed E-state index contributed by atoms with van der Waals surface area (Å²) >= 11 is 0. The van der Waals surface area contributed by atoms with Gasteiger partial charge in [-0.15, -0.1) is 0 Å². The van der Waals surface area contributed by atoms with Crippen LogP contribution >= 0.6 is 0 Å². The van der Waals surface area contributed by atoms with E-state index >= 15 is 0 Å². The molecule has 4 atom stereocenters. The van der Waals surface area contributed by atoms with Gasteiger partial charge in [-0.05, 0) is 69.3 Å². The number of esters is 1. The summed E-state index contributed by atoms with van der Waals surface area (Å²) in [4.78, 5) is 66.6. The lowest BCUT2D eigenvalue weighted by atomic mass is 10.0. The summed E-state index contributed by atoms with van der Waals surface area (Å²) < 4.78 is 20.5. The molecule has 0 bridgehead atoms. The zero-order chi connectivity index (χ0) is 82.4. The molecule has 0 aliphatic rings. The maximum absolute atomic E-state index is 13.7. The molecule has 4 aromatic rings. The van der Waals surface area contributed by atoms with Gasteiger partial charge in [0, 0.05) is 32.4 Å². The monoisotopic (exact) mass is 1600 g/mol. The molecular weight excluding hydrogens is 1430 g/mol. The molecule has 0 fully saturated rings. The number of unbranched alkanes of at least 4 members (excludes halogenated alkanes) is 36. The Kier molecular flexibility index (Phi) is 57.3. The lowest BCUT2D eigenvalue weighted by Crippen LogP contribution is -2.67. The van der Waals surface area contributed by atoms with Crippen molar-refractivity contribution in [2.24, 2.45) is 0 Å². The Hall–Kier alpha value is -5.46. The fraction of sp³-hybridized carbons (Fsp3) is 0.704. The van der Waals surface area contributed by atoms with Crippen molar-refractivity contribution in [2.45, 2.75) is 419 Å². The topological polar surface area (TPSA) is 181 Å². The molecule has 4 aromatic carbocycles. The quantitative estimate of drug-likeness (QED) is 0.0163. The molecule has 113 heavy (non-hydrogen) atoms. The predicted molar refractivity (Wildman–Crippen MR) is 483 cm³/mol. The van der Waals surface area contributed by atoms with Crippen LogP contribution in [0.25, 0.3) is 0 Å². The van der Waals surface area contributed by atoms with Gasteiger partial charge in [-0.1, -0.05) is 435 Å². The number of rotatable bonds is 67. The Labute approximate surface area is 693 Å². The van der Waals surface area contributed by atoms with Gasteiger partial charge in [0.1, 0.15) is 6.10 Å². The van der Waals surface area contributed by atoms with Gasteiger partial charge >= 0.3 is 5.97 Å². The molecule has 4 rings (SSSR count). The van der Waals surface area contributed by atoms with Crippen molar-refractivity contribution in [3.8, 4) is 0 Å². The number of hydrogen-bond donors (Lipinski definition) is 5. The second-order valence-corrected chi connectivity index (χ2v) is 43.4. The van der Waals surface area contributed by atoms with Crippen LogP contribution in [-0.4, -0.2) is 102 Å². The lowest BCUT2D eigenvalue weighted by Gasteiger charge is -2.43. The Balaban J connectivity index is 0.000000601. The minimum absolute atomic E-state index is 0.00154. The van der Waals surface area contributed by atoms with E-state index in [0.29, 0.717) is 32.1 Å². The van der Waals surface area contributed by atoms with Crippen LogP contribution in [0.15, 0.2) is 121 Å². The summed E-state index contributed by atoms with van der Waals surface area (Å²) in [7, 11) is -5.73. The second-order valence-electron chi connectivity index (χ2n) is 34.8. The van der Waals surface area contributed by atoms with Gasteiger partial charge in [-0.3, -0.25) is 24.0 Å². The zero-order valence-corrected chi connectivity index (χ0v) is 75.8. The number of nitrogens with one attached hydrogen (secondary N) is 4. The highest BCUT2D eigenvalue weighted by Gasteiger charge is 2.52. The first-order valence-corrected chi connectivity index (χ1v) is 50.0. The van der Waals surface area contributed by atoms with Crippen LogP contribution in [-0.2, 0) is 37.6 Å². The standard InChI is InChI=1S/C55H94N2O5Si.C43H72N2O4Si/c1-7-10-13-16-18-20-21-23-24-27-36-43-52(58)57-48(47-61-63(55(4,5)6,50-39-32-29-33-40-50)51-41-34-30-35-42-51)46-56-53(59)45-49(38-31-26-15-12-9-3)62-54(60)44-37-28-25-22-19-17-14-11-8-2;1-6-8-10-12-13-14-15-16-17-19-27-33-41(47)45-37(35-44-42(48)34-38(46)28-22-18-11-9-7-2)36-49-50(43(3,4)5,39-29-23-20-24-30-39)40-31-25-21-26-32-40/h29-30,32-35,39-42,48-49H,7-28,31,36-38,43-47H2,1-6H3,(H,56,59)(H,57,58);20-21,23-26,29-32,37-38,46H,6-19,22,27-28,33-36H2,1-5H3,(H,44,48)(H,45,47)/t48-,49-;37-,38-/m11/s1. The van der Waals surface area contributed by atoms with Gasteiger partial charge in [-0.25, -0.2) is 0 Å². The number of amides is 4. The molecule has 0 heterocycles. The molecule has 0 saturated heterocycles. The number of carbonyl (C=O) groups is 5. The van der Waals surface area contributed by atoms with Crippen LogP contribution in [0.2, 0.25) is 10.1 Å². The van der Waals surface area contributed by atoms with Crippen molar-refractivity contribution < 1.29 is 42.7 Å². The van der Waals surface area contributed by atoms with Crippen molar-refractivity contribution >= 4 is 67.0 Å². The number of ether oxygens (including phenoxy) is 1. The Morgan fingerprint density at radius 2 is 0.584 bits per heavy atom. The Morgan fingerprint density at radius 1 is 0.327 bits per heavy atom. The van der Waals surface area contributed by atoms with Crippen LogP contribution in [0, 0.1) is 0 Å². The van der Waals surface area contributed by atoms with E-state index in [1.54, 1.807) is 0 Å². The maximum atomic E-state index is 13.7. The highest BCUT2D eigenvalue weighted by atomic mass is 28.4. The number of aliphatic hydroxyl groups is 1. The average molecular weight is 1600 g/mol. The SMILES string of the molecule is CCCCCCCCCCCCCC(=O)N[C@H](CNC(=O)C[C@@H](CCCCCCC)OC(=O)CCCCCCCCCCC)CO[Si](c1ccccc1)(c1ccccc1)C(C)(C)C.CCCCCCCCCCCCCC(=O)N[C@H](CNC(=O)C[C@H](O)CCCCCCC)CO[Si](c1ccccc1)(c1ccccc1)C(C)(C)C. The minimum Gasteiger partial charge on any atom is -0.462 e. The fourth-order valence-electron chi connectivity index (χ4n) is 15.9. The molecule has 0 unspecified atom stereocenters. The number of carbonyl (C=O) groups excluding carboxylic acids is 5. The highest BCUT2D eigenvalue weighted by molar-refractivity contribution is 7.00. The molecule has 640 valence electrons.